The van der Waals surface area contributed by atoms with E-state index in [4.69, 9.17) is 22.1 Å². The molecule has 1 saturated heterocycles. The number of methoxy groups -OCH3 is 1. The van der Waals surface area contributed by atoms with Gasteiger partial charge >= 0.3 is 0 Å². The van der Waals surface area contributed by atoms with E-state index in [1.165, 1.54) is 11.8 Å². The maximum Gasteiger partial charge on any atom is 0.266 e. The summed E-state index contributed by atoms with van der Waals surface area (Å²) in [5.74, 6) is -0.0913. The molecule has 2 heterocycles. The molecule has 31 heavy (non-hydrogen) atoms. The molecule has 0 spiro atoms. The highest BCUT2D eigenvalue weighted by molar-refractivity contribution is 8.26. The molecule has 7 heteroatoms. The zero-order valence-electron chi connectivity index (χ0n) is 17.7. The van der Waals surface area contributed by atoms with Crippen LogP contribution in [0, 0.1) is 13.8 Å². The first kappa shape index (κ1) is 21.5. The van der Waals surface area contributed by atoms with Crippen molar-refractivity contribution in [3.8, 4) is 16.9 Å². The van der Waals surface area contributed by atoms with Crippen LogP contribution < -0.4 is 0 Å². The quantitative estimate of drug-likeness (QED) is 0.391. The Balaban J connectivity index is 1.80. The second kappa shape index (κ2) is 9.18. The van der Waals surface area contributed by atoms with Crippen molar-refractivity contribution in [1.82, 2.24) is 14.7 Å². The maximum absolute atomic E-state index is 12.9. The van der Waals surface area contributed by atoms with Gasteiger partial charge in [0.1, 0.15) is 10.0 Å². The maximum atomic E-state index is 12.9. The summed E-state index contributed by atoms with van der Waals surface area (Å²) in [6.07, 6.45) is 3.86. The number of hydrogen-bond acceptors (Lipinski definition) is 5. The molecule has 0 aliphatic carbocycles. The fraction of sp³-hybridized carbons (Fsp3) is 0.208. The molecule has 0 unspecified atom stereocenters. The van der Waals surface area contributed by atoms with Gasteiger partial charge in [0, 0.05) is 24.4 Å². The molecule has 0 radical (unpaired) electrons. The Hall–Kier alpha value is -2.74. The number of ether oxygens (including phenoxy) is 1. The third-order valence-electron chi connectivity index (χ3n) is 5.09. The fourth-order valence-electron chi connectivity index (χ4n) is 3.42. The first-order valence-corrected chi connectivity index (χ1v) is 11.2. The van der Waals surface area contributed by atoms with Crippen LogP contribution in [-0.4, -0.2) is 45.2 Å². The number of para-hydroxylation sites is 1. The monoisotopic (exact) mass is 449 g/mol. The van der Waals surface area contributed by atoms with E-state index in [9.17, 15) is 4.79 Å². The zero-order chi connectivity index (χ0) is 22.0. The number of benzene rings is 2. The molecule has 158 valence electrons. The van der Waals surface area contributed by atoms with E-state index in [0.717, 1.165) is 33.6 Å². The molecule has 3 aromatic rings. The van der Waals surface area contributed by atoms with Gasteiger partial charge in [-0.3, -0.25) is 9.69 Å². The predicted molar refractivity (Wildman–Crippen MR) is 130 cm³/mol. The molecule has 0 saturated carbocycles. The number of nitrogens with zero attached hydrogens (tertiary/aromatic N) is 3. The average Bonchev–Trinajstić information content (AvgIpc) is 3.30. The van der Waals surface area contributed by atoms with E-state index in [1.807, 2.05) is 47.3 Å². The highest BCUT2D eigenvalue weighted by Crippen LogP contribution is 2.35. The van der Waals surface area contributed by atoms with Gasteiger partial charge < -0.3 is 4.74 Å². The van der Waals surface area contributed by atoms with E-state index in [-0.39, 0.29) is 5.91 Å². The summed E-state index contributed by atoms with van der Waals surface area (Å²) in [5.41, 5.74) is 6.02. The SMILES string of the molecule is COCCN1C(=O)/C(=C/c2cn(-c3ccccc3)nc2-c2cc(C)ccc2C)SC1=S. The Morgan fingerprint density at radius 2 is 1.94 bits per heavy atom. The lowest BCUT2D eigenvalue weighted by Crippen LogP contribution is -2.31. The molecule has 5 nitrogen and oxygen atoms in total. The first-order valence-electron chi connectivity index (χ1n) is 9.95. The Kier molecular flexibility index (Phi) is 6.36. The normalized spacial score (nSPS) is 15.3. The Morgan fingerprint density at radius 3 is 2.68 bits per heavy atom. The van der Waals surface area contributed by atoms with Crippen molar-refractivity contribution in [2.45, 2.75) is 13.8 Å². The van der Waals surface area contributed by atoms with Gasteiger partial charge in [-0.2, -0.15) is 5.10 Å². The van der Waals surface area contributed by atoms with Gasteiger partial charge in [-0.15, -0.1) is 0 Å². The number of thioether (sulfide) groups is 1. The molecule has 1 aliphatic heterocycles. The summed E-state index contributed by atoms with van der Waals surface area (Å²) in [5, 5.41) is 4.89. The number of carbonyl (C=O) groups excluding carboxylic acids is 1. The van der Waals surface area contributed by atoms with Crippen molar-refractivity contribution in [1.29, 1.82) is 0 Å². The molecule has 4 rings (SSSR count). The van der Waals surface area contributed by atoms with Gasteiger partial charge in [-0.05, 0) is 43.7 Å². The molecule has 0 atom stereocenters. The summed E-state index contributed by atoms with van der Waals surface area (Å²) >= 11 is 6.74. The predicted octanol–water partition coefficient (Wildman–Crippen LogP) is 5.00. The van der Waals surface area contributed by atoms with Crippen LogP contribution in [0.1, 0.15) is 16.7 Å². The molecule has 1 amide bonds. The largest absolute Gasteiger partial charge is 0.383 e. The third kappa shape index (κ3) is 4.49. The lowest BCUT2D eigenvalue weighted by molar-refractivity contribution is -0.122. The number of aromatic nitrogens is 2. The average molecular weight is 450 g/mol. The number of aryl methyl sites for hydroxylation is 2. The topological polar surface area (TPSA) is 47.4 Å². The Bertz CT molecular complexity index is 1170. The van der Waals surface area contributed by atoms with Crippen LogP contribution in [0.2, 0.25) is 0 Å². The van der Waals surface area contributed by atoms with Crippen molar-refractivity contribution in [2.24, 2.45) is 0 Å². The number of hydrogen-bond donors (Lipinski definition) is 0. The number of carbonyl (C=O) groups is 1. The lowest BCUT2D eigenvalue weighted by Gasteiger charge is -2.12. The minimum absolute atomic E-state index is 0.0913. The summed E-state index contributed by atoms with van der Waals surface area (Å²) < 4.78 is 7.52. The van der Waals surface area contributed by atoms with E-state index in [0.29, 0.717) is 22.4 Å². The van der Waals surface area contributed by atoms with Gasteiger partial charge in [0.2, 0.25) is 0 Å². The summed E-state index contributed by atoms with van der Waals surface area (Å²) in [7, 11) is 1.61. The summed E-state index contributed by atoms with van der Waals surface area (Å²) in [4.78, 5) is 15.1. The van der Waals surface area contributed by atoms with Crippen molar-refractivity contribution in [3.63, 3.8) is 0 Å². The molecule has 0 N–H and O–H groups in total. The van der Waals surface area contributed by atoms with Gasteiger partial charge in [-0.1, -0.05) is 59.9 Å². The zero-order valence-corrected chi connectivity index (χ0v) is 19.3. The molecule has 0 bridgehead atoms. The van der Waals surface area contributed by atoms with Crippen LogP contribution in [0.25, 0.3) is 23.0 Å². The minimum Gasteiger partial charge on any atom is -0.383 e. The van der Waals surface area contributed by atoms with E-state index < -0.39 is 0 Å². The summed E-state index contributed by atoms with van der Waals surface area (Å²) in [6, 6.07) is 16.3. The lowest BCUT2D eigenvalue weighted by atomic mass is 10.0. The van der Waals surface area contributed by atoms with Gasteiger partial charge in [0.05, 0.1) is 23.7 Å². The van der Waals surface area contributed by atoms with Crippen molar-refractivity contribution in [2.75, 3.05) is 20.3 Å². The van der Waals surface area contributed by atoms with Gasteiger partial charge in [-0.25, -0.2) is 4.68 Å². The first-order chi connectivity index (χ1) is 15.0. The van der Waals surface area contributed by atoms with Crippen molar-refractivity contribution in [3.05, 3.63) is 76.3 Å². The number of rotatable bonds is 6. The molecule has 2 aromatic carbocycles. The van der Waals surface area contributed by atoms with E-state index in [2.05, 4.69) is 32.0 Å². The van der Waals surface area contributed by atoms with Crippen LogP contribution in [0.15, 0.2) is 59.6 Å². The van der Waals surface area contributed by atoms with E-state index >= 15 is 0 Å². The highest BCUT2D eigenvalue weighted by atomic mass is 32.2. The molecule has 1 aromatic heterocycles. The molecule has 1 fully saturated rings. The number of thiocarbonyl (C=S) groups is 1. The number of amides is 1. The Morgan fingerprint density at radius 1 is 1.16 bits per heavy atom. The fourth-order valence-corrected chi connectivity index (χ4v) is 4.72. The van der Waals surface area contributed by atoms with Crippen LogP contribution in [-0.2, 0) is 9.53 Å². The summed E-state index contributed by atoms with van der Waals surface area (Å²) in [6.45, 7) is 5.03. The molecular formula is C24H23N3O2S2. The smallest absolute Gasteiger partial charge is 0.266 e. The second-order valence-electron chi connectivity index (χ2n) is 7.36. The van der Waals surface area contributed by atoms with Crippen LogP contribution in [0.5, 0.6) is 0 Å². The van der Waals surface area contributed by atoms with Crippen LogP contribution in [0.3, 0.4) is 0 Å². The second-order valence-corrected chi connectivity index (χ2v) is 9.03. The minimum atomic E-state index is -0.0913. The van der Waals surface area contributed by atoms with Crippen molar-refractivity contribution < 1.29 is 9.53 Å². The Labute approximate surface area is 191 Å². The van der Waals surface area contributed by atoms with Crippen molar-refractivity contribution >= 4 is 40.3 Å². The standard InChI is InChI=1S/C24H23N3O2S2/c1-16-9-10-17(2)20(13-16)22-18(15-27(25-22)19-7-5-4-6-8-19)14-21-23(28)26(11-12-29-3)24(30)31-21/h4-10,13-15H,11-12H2,1-3H3/b21-14-. The third-order valence-corrected chi connectivity index (χ3v) is 6.47. The van der Waals surface area contributed by atoms with Crippen LogP contribution >= 0.6 is 24.0 Å². The highest BCUT2D eigenvalue weighted by Gasteiger charge is 2.32. The van der Waals surface area contributed by atoms with Gasteiger partial charge in [0.15, 0.2) is 0 Å². The van der Waals surface area contributed by atoms with Gasteiger partial charge in [0.25, 0.3) is 5.91 Å². The molecular weight excluding hydrogens is 426 g/mol. The molecule has 1 aliphatic rings. The van der Waals surface area contributed by atoms with Crippen LogP contribution in [0.4, 0.5) is 0 Å². The van der Waals surface area contributed by atoms with E-state index in [1.54, 1.807) is 12.0 Å².